The summed E-state index contributed by atoms with van der Waals surface area (Å²) in [4.78, 5) is 11.7. The van der Waals surface area contributed by atoms with Crippen molar-refractivity contribution in [1.29, 1.82) is 0 Å². The van der Waals surface area contributed by atoms with Gasteiger partial charge in [0.25, 0.3) is 0 Å². The van der Waals surface area contributed by atoms with Crippen molar-refractivity contribution in [1.82, 2.24) is 0 Å². The molecular weight excluding hydrogens is 270 g/mol. The number of carbonyl (C=O) groups is 1. The Labute approximate surface area is 126 Å². The number of esters is 1. The number of nitrogens with one attached hydrogen (secondary N) is 1. The van der Waals surface area contributed by atoms with Gasteiger partial charge in [0.05, 0.1) is 31.4 Å². The Bertz CT molecular complexity index is 471. The van der Waals surface area contributed by atoms with Gasteiger partial charge in [0, 0.05) is 12.6 Å². The molecule has 0 fully saturated rings. The van der Waals surface area contributed by atoms with Crippen LogP contribution in [0.4, 0.5) is 5.69 Å². The van der Waals surface area contributed by atoms with Crippen LogP contribution in [0.2, 0.25) is 0 Å². The first kappa shape index (κ1) is 17.1. The number of hydrogen-bond donors (Lipinski definition) is 1. The van der Waals surface area contributed by atoms with Crippen molar-refractivity contribution in [3.8, 4) is 11.5 Å². The second kappa shape index (κ2) is 7.76. The minimum absolute atomic E-state index is 0.256. The van der Waals surface area contributed by atoms with E-state index in [1.54, 1.807) is 0 Å². The first-order valence-corrected chi connectivity index (χ1v) is 7.16. The van der Waals surface area contributed by atoms with Crippen LogP contribution in [0.25, 0.3) is 0 Å². The van der Waals surface area contributed by atoms with Crippen molar-refractivity contribution in [2.75, 3.05) is 32.2 Å². The second-order valence-corrected chi connectivity index (χ2v) is 5.25. The Hall–Kier alpha value is -1.91. The zero-order valence-electron chi connectivity index (χ0n) is 13.5. The molecule has 1 rings (SSSR count). The zero-order chi connectivity index (χ0) is 15.9. The van der Waals surface area contributed by atoms with Gasteiger partial charge in [-0.25, -0.2) is 0 Å². The molecule has 1 aromatic rings. The van der Waals surface area contributed by atoms with E-state index in [0.717, 1.165) is 17.2 Å². The molecular formula is C16H25NO4. The van der Waals surface area contributed by atoms with Gasteiger partial charge in [-0.2, -0.15) is 0 Å². The van der Waals surface area contributed by atoms with Crippen LogP contribution in [-0.4, -0.2) is 32.8 Å². The molecule has 0 bridgehead atoms. The Morgan fingerprint density at radius 2 is 1.86 bits per heavy atom. The maximum absolute atomic E-state index is 11.7. The van der Waals surface area contributed by atoms with E-state index in [1.807, 2.05) is 45.9 Å². The molecule has 0 saturated carbocycles. The second-order valence-electron chi connectivity index (χ2n) is 5.25. The summed E-state index contributed by atoms with van der Waals surface area (Å²) in [6.45, 7) is 9.14. The average Bonchev–Trinajstić information content (AvgIpc) is 2.47. The maximum atomic E-state index is 11.7. The minimum atomic E-state index is -0.625. The van der Waals surface area contributed by atoms with E-state index in [0.29, 0.717) is 19.8 Å². The minimum Gasteiger partial charge on any atom is -0.494 e. The van der Waals surface area contributed by atoms with E-state index in [-0.39, 0.29) is 5.97 Å². The number of methoxy groups -OCH3 is 1. The van der Waals surface area contributed by atoms with E-state index in [1.165, 1.54) is 7.11 Å². The Morgan fingerprint density at radius 3 is 2.43 bits per heavy atom. The molecule has 0 saturated heterocycles. The van der Waals surface area contributed by atoms with Gasteiger partial charge in [0.1, 0.15) is 11.5 Å². The van der Waals surface area contributed by atoms with Crippen LogP contribution in [0, 0.1) is 5.41 Å². The monoisotopic (exact) mass is 295 g/mol. The van der Waals surface area contributed by atoms with Crippen molar-refractivity contribution in [3.63, 3.8) is 0 Å². The molecule has 0 unspecified atom stereocenters. The van der Waals surface area contributed by atoms with Gasteiger partial charge in [-0.05, 0) is 39.8 Å². The molecule has 118 valence electrons. The summed E-state index contributed by atoms with van der Waals surface area (Å²) in [7, 11) is 1.39. The van der Waals surface area contributed by atoms with Gasteiger partial charge in [0.15, 0.2) is 0 Å². The quantitative estimate of drug-likeness (QED) is 0.747. The molecule has 0 radical (unpaired) electrons. The molecule has 0 aliphatic carbocycles. The summed E-state index contributed by atoms with van der Waals surface area (Å²) in [6, 6.07) is 5.61. The summed E-state index contributed by atoms with van der Waals surface area (Å²) < 4.78 is 15.9. The van der Waals surface area contributed by atoms with Crippen molar-refractivity contribution in [3.05, 3.63) is 18.2 Å². The van der Waals surface area contributed by atoms with E-state index >= 15 is 0 Å². The number of anilines is 1. The molecule has 0 amide bonds. The normalized spacial score (nSPS) is 10.9. The number of benzene rings is 1. The van der Waals surface area contributed by atoms with Crippen LogP contribution >= 0.6 is 0 Å². The van der Waals surface area contributed by atoms with Crippen LogP contribution in [0.5, 0.6) is 11.5 Å². The highest BCUT2D eigenvalue weighted by Crippen LogP contribution is 2.30. The van der Waals surface area contributed by atoms with E-state index in [4.69, 9.17) is 14.2 Å². The standard InChI is InChI=1S/C16H25NO4/c1-6-20-12-8-9-14(21-7-2)13(10-12)17-11-16(3,4)15(18)19-5/h8-10,17H,6-7,11H2,1-5H3. The summed E-state index contributed by atoms with van der Waals surface area (Å²) in [5.41, 5.74) is 0.180. The summed E-state index contributed by atoms with van der Waals surface area (Å²) in [5.74, 6) is 1.25. The number of carbonyl (C=O) groups excluding carboxylic acids is 1. The highest BCUT2D eigenvalue weighted by Gasteiger charge is 2.28. The van der Waals surface area contributed by atoms with E-state index < -0.39 is 5.41 Å². The van der Waals surface area contributed by atoms with Crippen LogP contribution in [0.15, 0.2) is 18.2 Å². The van der Waals surface area contributed by atoms with Crippen molar-refractivity contribution < 1.29 is 19.0 Å². The third-order valence-electron chi connectivity index (χ3n) is 3.02. The third kappa shape index (κ3) is 4.85. The highest BCUT2D eigenvalue weighted by molar-refractivity contribution is 5.76. The largest absolute Gasteiger partial charge is 0.494 e. The summed E-state index contributed by atoms with van der Waals surface area (Å²) in [6.07, 6.45) is 0. The maximum Gasteiger partial charge on any atom is 0.313 e. The van der Waals surface area contributed by atoms with Crippen molar-refractivity contribution in [2.24, 2.45) is 5.41 Å². The Morgan fingerprint density at radius 1 is 1.19 bits per heavy atom. The first-order chi connectivity index (χ1) is 9.94. The van der Waals surface area contributed by atoms with Crippen LogP contribution in [-0.2, 0) is 9.53 Å². The average molecular weight is 295 g/mol. The van der Waals surface area contributed by atoms with Gasteiger partial charge in [-0.3, -0.25) is 4.79 Å². The molecule has 0 aromatic heterocycles. The van der Waals surface area contributed by atoms with Gasteiger partial charge in [-0.1, -0.05) is 0 Å². The van der Waals surface area contributed by atoms with E-state index in [9.17, 15) is 4.79 Å². The van der Waals surface area contributed by atoms with Crippen LogP contribution in [0.1, 0.15) is 27.7 Å². The number of ether oxygens (including phenoxy) is 3. The van der Waals surface area contributed by atoms with Gasteiger partial charge in [0.2, 0.25) is 0 Å². The lowest BCUT2D eigenvalue weighted by atomic mass is 9.93. The topological polar surface area (TPSA) is 56.8 Å². The smallest absolute Gasteiger partial charge is 0.313 e. The molecule has 0 heterocycles. The SMILES string of the molecule is CCOc1ccc(OCC)c(NCC(C)(C)C(=O)OC)c1. The van der Waals surface area contributed by atoms with Crippen molar-refractivity contribution in [2.45, 2.75) is 27.7 Å². The number of rotatable bonds is 8. The molecule has 1 aromatic carbocycles. The van der Waals surface area contributed by atoms with Gasteiger partial charge >= 0.3 is 5.97 Å². The molecule has 5 heteroatoms. The Balaban J connectivity index is 2.88. The van der Waals surface area contributed by atoms with Gasteiger partial charge in [-0.15, -0.1) is 0 Å². The molecule has 0 aliphatic rings. The first-order valence-electron chi connectivity index (χ1n) is 7.16. The molecule has 21 heavy (non-hydrogen) atoms. The molecule has 0 spiro atoms. The van der Waals surface area contributed by atoms with Crippen LogP contribution in [0.3, 0.4) is 0 Å². The predicted octanol–water partition coefficient (Wildman–Crippen LogP) is 3.10. The molecule has 0 aliphatic heterocycles. The molecule has 1 N–H and O–H groups in total. The molecule has 5 nitrogen and oxygen atoms in total. The number of hydrogen-bond acceptors (Lipinski definition) is 5. The fourth-order valence-corrected chi connectivity index (χ4v) is 1.85. The lowest BCUT2D eigenvalue weighted by molar-refractivity contribution is -0.149. The highest BCUT2D eigenvalue weighted by atomic mass is 16.5. The zero-order valence-corrected chi connectivity index (χ0v) is 13.5. The van der Waals surface area contributed by atoms with E-state index in [2.05, 4.69) is 5.32 Å². The summed E-state index contributed by atoms with van der Waals surface area (Å²) in [5, 5.41) is 3.25. The third-order valence-corrected chi connectivity index (χ3v) is 3.02. The Kier molecular flexibility index (Phi) is 6.34. The summed E-state index contributed by atoms with van der Waals surface area (Å²) >= 11 is 0. The van der Waals surface area contributed by atoms with Gasteiger partial charge < -0.3 is 19.5 Å². The predicted molar refractivity (Wildman–Crippen MR) is 83.1 cm³/mol. The molecule has 0 atom stereocenters. The fraction of sp³-hybridized carbons (Fsp3) is 0.562. The lowest BCUT2D eigenvalue weighted by Gasteiger charge is -2.23. The van der Waals surface area contributed by atoms with Crippen molar-refractivity contribution >= 4 is 11.7 Å². The lowest BCUT2D eigenvalue weighted by Crippen LogP contribution is -2.33. The fourth-order valence-electron chi connectivity index (χ4n) is 1.85. The van der Waals surface area contributed by atoms with Crippen LogP contribution < -0.4 is 14.8 Å².